The van der Waals surface area contributed by atoms with E-state index in [-0.39, 0.29) is 17.8 Å². The van der Waals surface area contributed by atoms with Crippen molar-refractivity contribution in [1.82, 2.24) is 5.32 Å². The Morgan fingerprint density at radius 3 is 3.06 bits per heavy atom. The molecule has 4 heteroatoms. The van der Waals surface area contributed by atoms with Crippen LogP contribution in [0.4, 0.5) is 4.39 Å². The van der Waals surface area contributed by atoms with Gasteiger partial charge >= 0.3 is 0 Å². The third-order valence-corrected chi connectivity index (χ3v) is 3.25. The van der Waals surface area contributed by atoms with Crippen molar-refractivity contribution < 1.29 is 9.18 Å². The van der Waals surface area contributed by atoms with Gasteiger partial charge in [0.15, 0.2) is 0 Å². The fourth-order valence-electron chi connectivity index (χ4n) is 2.29. The maximum absolute atomic E-state index is 13.8. The lowest BCUT2D eigenvalue weighted by Gasteiger charge is -2.26. The molecule has 1 atom stereocenters. The van der Waals surface area contributed by atoms with Gasteiger partial charge < -0.3 is 5.32 Å². The zero-order chi connectivity index (χ0) is 13.1. The van der Waals surface area contributed by atoms with E-state index in [1.165, 1.54) is 6.07 Å². The first-order valence-corrected chi connectivity index (χ1v) is 6.20. The van der Waals surface area contributed by atoms with Crippen LogP contribution in [0.25, 0.3) is 0 Å². The second kappa shape index (κ2) is 5.41. The highest BCUT2D eigenvalue weighted by atomic mass is 35.5. The van der Waals surface area contributed by atoms with Crippen LogP contribution >= 0.6 is 11.6 Å². The third kappa shape index (κ3) is 2.65. The van der Waals surface area contributed by atoms with E-state index in [1.54, 1.807) is 13.0 Å². The number of hydrogen-bond acceptors (Lipinski definition) is 1. The number of fused-ring (bicyclic) bond motifs is 1. The van der Waals surface area contributed by atoms with Crippen LogP contribution in [-0.2, 0) is 11.2 Å². The highest BCUT2D eigenvalue weighted by Gasteiger charge is 2.24. The van der Waals surface area contributed by atoms with E-state index < -0.39 is 0 Å². The highest BCUT2D eigenvalue weighted by molar-refractivity contribution is 6.30. The summed E-state index contributed by atoms with van der Waals surface area (Å²) in [6.07, 6.45) is 2.31. The van der Waals surface area contributed by atoms with E-state index in [0.29, 0.717) is 17.0 Å². The molecule has 0 aliphatic heterocycles. The first-order valence-electron chi connectivity index (χ1n) is 5.83. The number of amides is 1. The van der Waals surface area contributed by atoms with Gasteiger partial charge in [0, 0.05) is 5.02 Å². The van der Waals surface area contributed by atoms with Gasteiger partial charge in [-0.1, -0.05) is 17.5 Å². The minimum atomic E-state index is -0.337. The Kier molecular flexibility index (Phi) is 3.88. The molecule has 0 radical (unpaired) electrons. The van der Waals surface area contributed by atoms with Gasteiger partial charge in [-0.2, -0.15) is 0 Å². The van der Waals surface area contributed by atoms with Crippen LogP contribution in [-0.4, -0.2) is 5.91 Å². The first kappa shape index (κ1) is 12.9. The minimum Gasteiger partial charge on any atom is -0.338 e. The summed E-state index contributed by atoms with van der Waals surface area (Å²) >= 11 is 5.86. The number of halogens is 2. The number of hydrogen-bond donors (Lipinski definition) is 1. The Morgan fingerprint density at radius 1 is 1.56 bits per heavy atom. The highest BCUT2D eigenvalue weighted by Crippen LogP contribution is 2.33. The van der Waals surface area contributed by atoms with Crippen LogP contribution in [0.3, 0.4) is 0 Å². The number of carbonyl (C=O) groups is 1. The van der Waals surface area contributed by atoms with E-state index in [4.69, 9.17) is 11.6 Å². The van der Waals surface area contributed by atoms with E-state index in [2.05, 4.69) is 17.2 Å². The largest absolute Gasteiger partial charge is 0.338 e. The predicted molar refractivity (Wildman–Crippen MR) is 68.7 cm³/mol. The molecule has 0 spiro atoms. The zero-order valence-electron chi connectivity index (χ0n) is 10.0. The summed E-state index contributed by atoms with van der Waals surface area (Å²) in [5.74, 6) is 4.34. The molecule has 2 rings (SSSR count). The van der Waals surface area contributed by atoms with Gasteiger partial charge in [0.05, 0.1) is 6.04 Å². The van der Waals surface area contributed by atoms with E-state index in [1.807, 2.05) is 0 Å². The van der Waals surface area contributed by atoms with Crippen LogP contribution in [0, 0.1) is 17.7 Å². The molecule has 94 valence electrons. The SMILES string of the molecule is CC#CC(=O)NC1CCCc2c(F)cc(Cl)cc21. The Balaban J connectivity index is 2.32. The molecule has 1 aromatic carbocycles. The predicted octanol–water partition coefficient (Wildman–Crippen LogP) is 3.00. The lowest BCUT2D eigenvalue weighted by Crippen LogP contribution is -2.30. The molecule has 0 saturated carbocycles. The van der Waals surface area contributed by atoms with Crippen molar-refractivity contribution in [2.24, 2.45) is 0 Å². The number of benzene rings is 1. The summed E-state index contributed by atoms with van der Waals surface area (Å²) in [4.78, 5) is 11.5. The number of carbonyl (C=O) groups excluding carboxylic acids is 1. The smallest absolute Gasteiger partial charge is 0.296 e. The van der Waals surface area contributed by atoms with E-state index in [0.717, 1.165) is 18.4 Å². The van der Waals surface area contributed by atoms with E-state index in [9.17, 15) is 9.18 Å². The van der Waals surface area contributed by atoms with Crippen LogP contribution in [0.15, 0.2) is 12.1 Å². The average molecular weight is 266 g/mol. The van der Waals surface area contributed by atoms with Crippen LogP contribution in [0.5, 0.6) is 0 Å². The van der Waals surface area contributed by atoms with Gasteiger partial charge in [-0.05, 0) is 55.4 Å². The first-order chi connectivity index (χ1) is 8.61. The second-order valence-electron chi connectivity index (χ2n) is 4.25. The molecular formula is C14H13ClFNO. The molecule has 0 aromatic heterocycles. The molecule has 1 unspecified atom stereocenters. The summed E-state index contributed by atoms with van der Waals surface area (Å²) < 4.78 is 13.8. The standard InChI is InChI=1S/C14H13ClFNO/c1-2-4-14(18)17-13-6-3-5-10-11(13)7-9(15)8-12(10)16/h7-8,13H,3,5-6H2,1H3,(H,17,18). The van der Waals surface area contributed by atoms with Crippen molar-refractivity contribution in [2.45, 2.75) is 32.2 Å². The summed E-state index contributed by atoms with van der Waals surface area (Å²) in [6, 6.07) is 2.84. The molecule has 1 aromatic rings. The van der Waals surface area contributed by atoms with E-state index >= 15 is 0 Å². The Labute approximate surface area is 111 Å². The van der Waals surface area contributed by atoms with Gasteiger partial charge in [0.25, 0.3) is 5.91 Å². The lowest BCUT2D eigenvalue weighted by atomic mass is 9.87. The summed E-state index contributed by atoms with van der Waals surface area (Å²) in [7, 11) is 0. The molecule has 1 N–H and O–H groups in total. The molecular weight excluding hydrogens is 253 g/mol. The monoisotopic (exact) mass is 265 g/mol. The zero-order valence-corrected chi connectivity index (χ0v) is 10.8. The van der Waals surface area contributed by atoms with Crippen molar-refractivity contribution in [3.63, 3.8) is 0 Å². The number of nitrogens with one attached hydrogen (secondary N) is 1. The van der Waals surface area contributed by atoms with Gasteiger partial charge in [0.1, 0.15) is 5.82 Å². The number of rotatable bonds is 1. The van der Waals surface area contributed by atoms with Gasteiger partial charge in [0.2, 0.25) is 0 Å². The molecule has 1 aliphatic rings. The molecule has 1 amide bonds. The van der Waals surface area contributed by atoms with Crippen molar-refractivity contribution in [2.75, 3.05) is 0 Å². The van der Waals surface area contributed by atoms with Gasteiger partial charge in [-0.3, -0.25) is 4.79 Å². The fraction of sp³-hybridized carbons (Fsp3) is 0.357. The lowest BCUT2D eigenvalue weighted by molar-refractivity contribution is -0.116. The summed E-state index contributed by atoms with van der Waals surface area (Å²) in [5.41, 5.74) is 1.43. The van der Waals surface area contributed by atoms with Crippen LogP contribution < -0.4 is 5.32 Å². The Bertz CT molecular complexity index is 545. The maximum Gasteiger partial charge on any atom is 0.296 e. The Hall–Kier alpha value is -1.53. The van der Waals surface area contributed by atoms with Crippen molar-refractivity contribution >= 4 is 17.5 Å². The molecule has 0 heterocycles. The van der Waals surface area contributed by atoms with Crippen LogP contribution in [0.1, 0.15) is 36.9 Å². The quantitative estimate of drug-likeness (QED) is 0.777. The summed E-state index contributed by atoms with van der Waals surface area (Å²) in [6.45, 7) is 1.60. The van der Waals surface area contributed by atoms with Gasteiger partial charge in [-0.15, -0.1) is 0 Å². The second-order valence-corrected chi connectivity index (χ2v) is 4.69. The van der Waals surface area contributed by atoms with Gasteiger partial charge in [-0.25, -0.2) is 4.39 Å². The minimum absolute atomic E-state index is 0.199. The third-order valence-electron chi connectivity index (χ3n) is 3.03. The molecule has 0 saturated heterocycles. The maximum atomic E-state index is 13.8. The molecule has 2 nitrogen and oxygen atoms in total. The van der Waals surface area contributed by atoms with Crippen LogP contribution in [0.2, 0.25) is 5.02 Å². The molecule has 1 aliphatic carbocycles. The van der Waals surface area contributed by atoms with Crippen molar-refractivity contribution in [3.8, 4) is 11.8 Å². The summed E-state index contributed by atoms with van der Waals surface area (Å²) in [5, 5.41) is 3.15. The van der Waals surface area contributed by atoms with Crippen molar-refractivity contribution in [1.29, 1.82) is 0 Å². The molecule has 0 bridgehead atoms. The average Bonchev–Trinajstić information content (AvgIpc) is 2.30. The molecule has 18 heavy (non-hydrogen) atoms. The normalized spacial score (nSPS) is 17.4. The van der Waals surface area contributed by atoms with Crippen molar-refractivity contribution in [3.05, 3.63) is 34.1 Å². The topological polar surface area (TPSA) is 29.1 Å². The fourth-order valence-corrected chi connectivity index (χ4v) is 2.51. The Morgan fingerprint density at radius 2 is 2.33 bits per heavy atom. The molecule has 0 fully saturated rings.